The molecule has 0 radical (unpaired) electrons. The highest BCUT2D eigenvalue weighted by Gasteiger charge is 2.74. The molecule has 0 saturated carbocycles. The molecule has 0 aromatic heterocycles. The first-order chi connectivity index (χ1) is 5.66. The molecule has 62 valence electrons. The van der Waals surface area contributed by atoms with Crippen LogP contribution in [-0.2, 0) is 14.3 Å². The van der Waals surface area contributed by atoms with Crippen molar-refractivity contribution in [2.75, 3.05) is 0 Å². The molecule has 2 unspecified atom stereocenters. The number of epoxide rings is 1. The first-order valence-electron chi connectivity index (χ1n) is 3.89. The van der Waals surface area contributed by atoms with E-state index in [9.17, 15) is 9.59 Å². The molecule has 4 heteroatoms. The van der Waals surface area contributed by atoms with E-state index < -0.39 is 11.2 Å². The summed E-state index contributed by atoms with van der Waals surface area (Å²) in [5.74, 6) is -0.465. The highest BCUT2D eigenvalue weighted by molar-refractivity contribution is 5.99. The third-order valence-corrected chi connectivity index (χ3v) is 2.79. The van der Waals surface area contributed by atoms with Crippen molar-refractivity contribution in [3.05, 3.63) is 12.2 Å². The Morgan fingerprint density at radius 3 is 2.08 bits per heavy atom. The molecule has 0 spiro atoms. The van der Waals surface area contributed by atoms with Crippen LogP contribution in [0.25, 0.3) is 0 Å². The van der Waals surface area contributed by atoms with Crippen molar-refractivity contribution in [1.82, 2.24) is 5.32 Å². The fourth-order valence-electron chi connectivity index (χ4n) is 2.03. The number of carbonyl (C=O) groups is 2. The lowest BCUT2D eigenvalue weighted by atomic mass is 9.79. The minimum atomic E-state index is -0.413. The quantitative estimate of drug-likeness (QED) is 0.299. The van der Waals surface area contributed by atoms with Crippen molar-refractivity contribution in [3.8, 4) is 0 Å². The second kappa shape index (κ2) is 1.47. The van der Waals surface area contributed by atoms with Gasteiger partial charge in [0.25, 0.3) is 0 Å². The zero-order valence-corrected chi connectivity index (χ0v) is 6.29. The van der Waals surface area contributed by atoms with Gasteiger partial charge in [0.05, 0.1) is 12.8 Å². The molecule has 2 amide bonds. The van der Waals surface area contributed by atoms with E-state index in [-0.39, 0.29) is 24.7 Å². The largest absolute Gasteiger partial charge is 0.353 e. The van der Waals surface area contributed by atoms with Crippen LogP contribution >= 0.6 is 0 Å². The average Bonchev–Trinajstić information content (AvgIpc) is 2.34. The summed E-state index contributed by atoms with van der Waals surface area (Å²) in [6, 6.07) is 0. The monoisotopic (exact) mass is 165 g/mol. The fraction of sp³-hybridized carbons (Fsp3) is 0.500. The van der Waals surface area contributed by atoms with Gasteiger partial charge in [-0.25, -0.2) is 0 Å². The highest BCUT2D eigenvalue weighted by Crippen LogP contribution is 2.62. The molecular formula is C8H7NO3. The molecule has 3 aliphatic rings. The number of imide groups is 1. The minimum absolute atomic E-state index is 0.233. The Hall–Kier alpha value is -1.16. The lowest BCUT2D eigenvalue weighted by Gasteiger charge is -2.16. The van der Waals surface area contributed by atoms with Gasteiger partial charge in [-0.1, -0.05) is 12.2 Å². The van der Waals surface area contributed by atoms with Crippen molar-refractivity contribution >= 4 is 11.8 Å². The molecule has 3 rings (SSSR count). The van der Waals surface area contributed by atoms with E-state index in [2.05, 4.69) is 5.32 Å². The van der Waals surface area contributed by atoms with Gasteiger partial charge in [0, 0.05) is 0 Å². The molecule has 2 atom stereocenters. The second-order valence-electron chi connectivity index (χ2n) is 3.54. The van der Waals surface area contributed by atoms with Gasteiger partial charge in [-0.05, 0) is 0 Å². The van der Waals surface area contributed by atoms with Gasteiger partial charge in [0.15, 0.2) is 0 Å². The first kappa shape index (κ1) is 6.37. The molecule has 2 heterocycles. The van der Waals surface area contributed by atoms with Gasteiger partial charge in [-0.2, -0.15) is 0 Å². The van der Waals surface area contributed by atoms with Crippen LogP contribution in [0.2, 0.25) is 0 Å². The van der Waals surface area contributed by atoms with Crippen LogP contribution < -0.4 is 5.32 Å². The van der Waals surface area contributed by atoms with Crippen LogP contribution in [0.4, 0.5) is 0 Å². The molecule has 4 nitrogen and oxygen atoms in total. The summed E-state index contributed by atoms with van der Waals surface area (Å²) >= 11 is 0. The smallest absolute Gasteiger partial charge is 0.229 e. The van der Waals surface area contributed by atoms with Gasteiger partial charge in [0.1, 0.15) is 11.2 Å². The predicted octanol–water partition coefficient (Wildman–Crippen LogP) is -0.499. The number of ether oxygens (including phenoxy) is 1. The minimum Gasteiger partial charge on any atom is -0.353 e. The normalized spacial score (nSPS) is 48.3. The van der Waals surface area contributed by atoms with Crippen LogP contribution in [0.3, 0.4) is 0 Å². The summed E-state index contributed by atoms with van der Waals surface area (Å²) in [6.45, 7) is 0. The lowest BCUT2D eigenvalue weighted by molar-refractivity contribution is -0.130. The molecule has 2 aliphatic heterocycles. The fourth-order valence-corrected chi connectivity index (χ4v) is 2.03. The van der Waals surface area contributed by atoms with Crippen molar-refractivity contribution < 1.29 is 14.3 Å². The van der Waals surface area contributed by atoms with Crippen LogP contribution in [0.15, 0.2) is 12.2 Å². The second-order valence-corrected chi connectivity index (χ2v) is 3.54. The summed E-state index contributed by atoms with van der Waals surface area (Å²) < 4.78 is 5.39. The van der Waals surface area contributed by atoms with Crippen LogP contribution in [0, 0.1) is 0 Å². The average molecular weight is 165 g/mol. The van der Waals surface area contributed by atoms with Crippen LogP contribution in [0.1, 0.15) is 12.8 Å². The Labute approximate surface area is 68.6 Å². The third-order valence-electron chi connectivity index (χ3n) is 2.79. The van der Waals surface area contributed by atoms with Gasteiger partial charge >= 0.3 is 0 Å². The molecule has 0 aromatic rings. The number of hydrogen-bond donors (Lipinski definition) is 1. The lowest BCUT2D eigenvalue weighted by Crippen LogP contribution is -2.30. The van der Waals surface area contributed by atoms with E-state index in [1.807, 2.05) is 12.2 Å². The molecular weight excluding hydrogens is 158 g/mol. The maximum atomic E-state index is 11.1. The van der Waals surface area contributed by atoms with E-state index in [1.54, 1.807) is 0 Å². The summed E-state index contributed by atoms with van der Waals surface area (Å²) in [4.78, 5) is 22.1. The molecule has 2 saturated heterocycles. The molecule has 1 N–H and O–H groups in total. The first-order valence-corrected chi connectivity index (χ1v) is 3.89. The predicted molar refractivity (Wildman–Crippen MR) is 38.1 cm³/mol. The summed E-state index contributed by atoms with van der Waals surface area (Å²) in [5, 5.41) is 2.30. The number of nitrogens with one attached hydrogen (secondary N) is 1. The molecule has 12 heavy (non-hydrogen) atoms. The Morgan fingerprint density at radius 2 is 1.67 bits per heavy atom. The Kier molecular flexibility index (Phi) is 0.782. The van der Waals surface area contributed by atoms with Crippen LogP contribution in [0.5, 0.6) is 0 Å². The molecule has 1 aliphatic carbocycles. The summed E-state index contributed by atoms with van der Waals surface area (Å²) in [6.07, 6.45) is 4.31. The van der Waals surface area contributed by atoms with E-state index in [1.165, 1.54) is 0 Å². The molecule has 0 aromatic carbocycles. The van der Waals surface area contributed by atoms with E-state index in [4.69, 9.17) is 4.74 Å². The standard InChI is InChI=1S/C8H7NO3/c10-5-3-7-1-2-8(7,12-7)4-6(11)9-5/h1-2H,3-4H2,(H,9,10,11). The zero-order valence-electron chi connectivity index (χ0n) is 6.29. The number of hydrogen-bond acceptors (Lipinski definition) is 3. The van der Waals surface area contributed by atoms with Gasteiger partial charge < -0.3 is 4.74 Å². The Balaban J connectivity index is 2.00. The molecule has 0 bridgehead atoms. The SMILES string of the molecule is O=C1CC23C=CC2(CC(=O)N1)O3. The maximum absolute atomic E-state index is 11.1. The van der Waals surface area contributed by atoms with E-state index in [0.29, 0.717) is 0 Å². The van der Waals surface area contributed by atoms with Crippen molar-refractivity contribution in [3.63, 3.8) is 0 Å². The summed E-state index contributed by atoms with van der Waals surface area (Å²) in [7, 11) is 0. The Morgan fingerprint density at radius 1 is 1.17 bits per heavy atom. The topological polar surface area (TPSA) is 58.7 Å². The van der Waals surface area contributed by atoms with Crippen molar-refractivity contribution in [2.24, 2.45) is 0 Å². The number of amides is 2. The maximum Gasteiger partial charge on any atom is 0.229 e. The summed E-state index contributed by atoms with van der Waals surface area (Å²) in [5.41, 5.74) is -0.827. The van der Waals surface area contributed by atoms with Crippen molar-refractivity contribution in [1.29, 1.82) is 0 Å². The highest BCUT2D eigenvalue weighted by atomic mass is 16.6. The van der Waals surface area contributed by atoms with Gasteiger partial charge in [-0.3, -0.25) is 14.9 Å². The third kappa shape index (κ3) is 0.504. The Bertz CT molecular complexity index is 305. The van der Waals surface area contributed by atoms with Gasteiger partial charge in [0.2, 0.25) is 11.8 Å². The number of carbonyl (C=O) groups excluding carboxylic acids is 2. The zero-order chi connectivity index (χ0) is 8.40. The molecule has 2 fully saturated rings. The van der Waals surface area contributed by atoms with Gasteiger partial charge in [-0.15, -0.1) is 0 Å². The van der Waals surface area contributed by atoms with Crippen LogP contribution in [-0.4, -0.2) is 23.0 Å². The van der Waals surface area contributed by atoms with E-state index >= 15 is 0 Å². The van der Waals surface area contributed by atoms with E-state index in [0.717, 1.165) is 0 Å². The number of rotatable bonds is 0. The van der Waals surface area contributed by atoms with Crippen molar-refractivity contribution in [2.45, 2.75) is 24.0 Å².